The van der Waals surface area contributed by atoms with E-state index in [-0.39, 0.29) is 17.9 Å². The summed E-state index contributed by atoms with van der Waals surface area (Å²) in [7, 11) is 0. The van der Waals surface area contributed by atoms with Gasteiger partial charge in [-0.1, -0.05) is 19.9 Å². The number of hydrogen-bond donors (Lipinski definition) is 0. The third kappa shape index (κ3) is 5.80. The average Bonchev–Trinajstić information content (AvgIpc) is 2.13. The van der Waals surface area contributed by atoms with Crippen molar-refractivity contribution in [1.29, 1.82) is 0 Å². The summed E-state index contributed by atoms with van der Waals surface area (Å²) in [5.41, 5.74) is -0.109. The smallest absolute Gasteiger partial charge is 0.349 e. The predicted octanol–water partition coefficient (Wildman–Crippen LogP) is 2.95. The van der Waals surface area contributed by atoms with Crippen LogP contribution in [0, 0.1) is 0 Å². The van der Waals surface area contributed by atoms with Crippen molar-refractivity contribution in [3.8, 4) is 0 Å². The highest BCUT2D eigenvalue weighted by Crippen LogP contribution is 2.20. The van der Waals surface area contributed by atoms with Crippen molar-refractivity contribution in [2.75, 3.05) is 6.54 Å². The number of halogens is 1. The topological polar surface area (TPSA) is 29.5 Å². The number of carbonyl (C=O) groups is 1. The van der Waals surface area contributed by atoms with E-state index in [1.54, 1.807) is 5.06 Å². The van der Waals surface area contributed by atoms with Crippen LogP contribution in [0.15, 0.2) is 12.7 Å². The molecule has 0 aromatic carbocycles. The molecule has 15 heavy (non-hydrogen) atoms. The van der Waals surface area contributed by atoms with E-state index in [9.17, 15) is 4.79 Å². The van der Waals surface area contributed by atoms with E-state index >= 15 is 0 Å². The Morgan fingerprint density at radius 3 is 2.33 bits per heavy atom. The zero-order valence-corrected chi connectivity index (χ0v) is 10.9. The molecule has 0 bridgehead atoms. The van der Waals surface area contributed by atoms with Gasteiger partial charge >= 0.3 is 5.97 Å². The monoisotopic (exact) mass is 235 g/mol. The van der Waals surface area contributed by atoms with E-state index in [2.05, 4.69) is 27.4 Å². The Hall–Kier alpha value is -0.540. The zero-order valence-electron chi connectivity index (χ0n) is 10.1. The molecule has 0 heterocycles. The van der Waals surface area contributed by atoms with Crippen LogP contribution in [0.3, 0.4) is 0 Å². The van der Waals surface area contributed by atoms with Crippen molar-refractivity contribution in [2.45, 2.75) is 46.1 Å². The molecule has 3 nitrogen and oxygen atoms in total. The lowest BCUT2D eigenvalue weighted by Gasteiger charge is -2.35. The summed E-state index contributed by atoms with van der Waals surface area (Å²) in [5, 5.41) is 1.71. The highest BCUT2D eigenvalue weighted by Gasteiger charge is 2.27. The molecule has 0 aliphatic rings. The Balaban J connectivity index is 0. The summed E-state index contributed by atoms with van der Waals surface area (Å²) in [5.74, 6) is -0.393. The molecule has 0 radical (unpaired) electrons. The third-order valence-corrected chi connectivity index (χ3v) is 2.19. The highest BCUT2D eigenvalue weighted by molar-refractivity contribution is 5.85. The molecule has 0 saturated heterocycles. The SMILES string of the molecule is C=CC(=O)ON(CC)C(C)(C)CCC.Cl. The first-order valence-electron chi connectivity index (χ1n) is 5.10. The molecule has 0 fully saturated rings. The van der Waals surface area contributed by atoms with Crippen molar-refractivity contribution in [3.05, 3.63) is 12.7 Å². The minimum atomic E-state index is -0.393. The van der Waals surface area contributed by atoms with Crippen LogP contribution in [-0.2, 0) is 9.63 Å². The number of hydrogen-bond acceptors (Lipinski definition) is 3. The molecule has 90 valence electrons. The van der Waals surface area contributed by atoms with Crippen molar-refractivity contribution in [1.82, 2.24) is 5.06 Å². The van der Waals surface area contributed by atoms with Gasteiger partial charge < -0.3 is 4.84 Å². The second-order valence-corrected chi connectivity index (χ2v) is 3.87. The summed E-state index contributed by atoms with van der Waals surface area (Å²) >= 11 is 0. The lowest BCUT2D eigenvalue weighted by atomic mass is 9.98. The van der Waals surface area contributed by atoms with Gasteiger partial charge in [-0.15, -0.1) is 17.5 Å². The van der Waals surface area contributed by atoms with Gasteiger partial charge in [0.15, 0.2) is 0 Å². The van der Waals surface area contributed by atoms with Gasteiger partial charge in [0.25, 0.3) is 0 Å². The molecule has 0 N–H and O–H groups in total. The fourth-order valence-corrected chi connectivity index (χ4v) is 1.50. The predicted molar refractivity (Wildman–Crippen MR) is 64.9 cm³/mol. The van der Waals surface area contributed by atoms with E-state index in [0.29, 0.717) is 6.54 Å². The van der Waals surface area contributed by atoms with Gasteiger partial charge in [-0.2, -0.15) is 0 Å². The maximum Gasteiger partial charge on any atom is 0.349 e. The fourth-order valence-electron chi connectivity index (χ4n) is 1.50. The van der Waals surface area contributed by atoms with E-state index in [0.717, 1.165) is 12.8 Å². The first kappa shape index (κ1) is 16.9. The van der Waals surface area contributed by atoms with Crippen LogP contribution < -0.4 is 0 Å². The minimum absolute atomic E-state index is 0. The van der Waals surface area contributed by atoms with Crippen molar-refractivity contribution in [3.63, 3.8) is 0 Å². The van der Waals surface area contributed by atoms with Crippen LogP contribution >= 0.6 is 12.4 Å². The first-order valence-corrected chi connectivity index (χ1v) is 5.10. The van der Waals surface area contributed by atoms with Gasteiger partial charge in [-0.3, -0.25) is 0 Å². The van der Waals surface area contributed by atoms with Crippen LogP contribution in [0.4, 0.5) is 0 Å². The molecular weight excluding hydrogens is 214 g/mol. The second kappa shape index (κ2) is 7.71. The number of hydroxylamine groups is 2. The number of nitrogens with zero attached hydrogens (tertiary/aromatic N) is 1. The van der Waals surface area contributed by atoms with E-state index < -0.39 is 5.97 Å². The first-order chi connectivity index (χ1) is 6.47. The molecule has 0 aromatic rings. The lowest BCUT2D eigenvalue weighted by Crippen LogP contribution is -2.44. The Bertz CT molecular complexity index is 205. The van der Waals surface area contributed by atoms with Gasteiger partial charge in [0.1, 0.15) is 0 Å². The molecule has 0 amide bonds. The van der Waals surface area contributed by atoms with Crippen LogP contribution in [0.2, 0.25) is 0 Å². The summed E-state index contributed by atoms with van der Waals surface area (Å²) in [6, 6.07) is 0. The van der Waals surface area contributed by atoms with Crippen LogP contribution in [0.25, 0.3) is 0 Å². The van der Waals surface area contributed by atoms with Crippen molar-refractivity contribution in [2.24, 2.45) is 0 Å². The summed E-state index contributed by atoms with van der Waals surface area (Å²) in [4.78, 5) is 16.2. The lowest BCUT2D eigenvalue weighted by molar-refractivity contribution is -0.211. The number of rotatable bonds is 6. The fraction of sp³-hybridized carbons (Fsp3) is 0.727. The summed E-state index contributed by atoms with van der Waals surface area (Å²) in [6.45, 7) is 12.3. The minimum Gasteiger partial charge on any atom is -0.364 e. The van der Waals surface area contributed by atoms with Crippen LogP contribution in [0.5, 0.6) is 0 Å². The maximum atomic E-state index is 11.1. The van der Waals surface area contributed by atoms with Crippen molar-refractivity contribution < 1.29 is 9.63 Å². The van der Waals surface area contributed by atoms with Crippen LogP contribution in [0.1, 0.15) is 40.5 Å². The molecule has 0 aliphatic heterocycles. The molecule has 0 aliphatic carbocycles. The van der Waals surface area contributed by atoms with Crippen molar-refractivity contribution >= 4 is 18.4 Å². The van der Waals surface area contributed by atoms with E-state index in [4.69, 9.17) is 4.84 Å². The van der Waals surface area contributed by atoms with E-state index in [1.807, 2.05) is 6.92 Å². The third-order valence-electron chi connectivity index (χ3n) is 2.19. The largest absolute Gasteiger partial charge is 0.364 e. The Morgan fingerprint density at radius 2 is 2.00 bits per heavy atom. The molecule has 0 spiro atoms. The molecule has 4 heteroatoms. The number of carbonyl (C=O) groups excluding carboxylic acids is 1. The summed E-state index contributed by atoms with van der Waals surface area (Å²) < 4.78 is 0. The Kier molecular flexibility index (Phi) is 8.68. The van der Waals surface area contributed by atoms with E-state index in [1.165, 1.54) is 6.08 Å². The average molecular weight is 236 g/mol. The quantitative estimate of drug-likeness (QED) is 0.524. The normalized spacial score (nSPS) is 10.7. The standard InChI is InChI=1S/C11H21NO2.ClH/c1-6-9-11(4,5)12(8-3)14-10(13)7-2;/h7H,2,6,8-9H2,1,3-5H3;1H. The van der Waals surface area contributed by atoms with Gasteiger partial charge in [-0.25, -0.2) is 4.79 Å². The Labute approximate surface area is 98.8 Å². The molecule has 0 aromatic heterocycles. The molecule has 0 unspecified atom stereocenters. The Morgan fingerprint density at radius 1 is 1.47 bits per heavy atom. The van der Waals surface area contributed by atoms with Gasteiger partial charge in [0.2, 0.25) is 0 Å². The zero-order chi connectivity index (χ0) is 11.2. The second-order valence-electron chi connectivity index (χ2n) is 3.87. The van der Waals surface area contributed by atoms with Gasteiger partial charge in [-0.05, 0) is 27.2 Å². The van der Waals surface area contributed by atoms with Gasteiger partial charge in [0.05, 0.1) is 5.54 Å². The molecule has 0 atom stereocenters. The molecular formula is C11H22ClNO2. The molecule has 0 rings (SSSR count). The van der Waals surface area contributed by atoms with Gasteiger partial charge in [0, 0.05) is 12.6 Å². The highest BCUT2D eigenvalue weighted by atomic mass is 35.5. The maximum absolute atomic E-state index is 11.1. The summed E-state index contributed by atoms with van der Waals surface area (Å²) in [6.07, 6.45) is 3.24. The van der Waals surface area contributed by atoms with Crippen LogP contribution in [-0.4, -0.2) is 23.1 Å². The molecule has 0 saturated carbocycles.